The van der Waals surface area contributed by atoms with Gasteiger partial charge in [-0.1, -0.05) is 39.2 Å². The maximum atomic E-state index is 11.7. The second-order valence-electron chi connectivity index (χ2n) is 7.74. The van der Waals surface area contributed by atoms with Gasteiger partial charge in [0, 0.05) is 25.8 Å². The van der Waals surface area contributed by atoms with E-state index >= 15 is 0 Å². The lowest BCUT2D eigenvalue weighted by molar-refractivity contribution is -0.134. The SMILES string of the molecule is COC/C(=C/C(=O)OC)c1ccc(N(CC(C)C)C2CCCCC2)c(N)c1. The molecule has 0 unspecified atom stereocenters. The second-order valence-corrected chi connectivity index (χ2v) is 7.74. The quantitative estimate of drug-likeness (QED) is 0.418. The molecule has 27 heavy (non-hydrogen) atoms. The fourth-order valence-corrected chi connectivity index (χ4v) is 3.81. The summed E-state index contributed by atoms with van der Waals surface area (Å²) in [7, 11) is 2.98. The molecule has 0 radical (unpaired) electrons. The minimum absolute atomic E-state index is 0.326. The highest BCUT2D eigenvalue weighted by Crippen LogP contribution is 2.33. The lowest BCUT2D eigenvalue weighted by Crippen LogP contribution is -2.39. The zero-order valence-electron chi connectivity index (χ0n) is 17.2. The molecule has 1 aliphatic carbocycles. The number of hydrogen-bond donors (Lipinski definition) is 1. The number of esters is 1. The standard InChI is InChI=1S/C22H34N2O3/c1-16(2)14-24(19-8-6-5-7-9-19)21-11-10-17(12-20(21)23)18(15-26-3)13-22(25)27-4/h10-13,16,19H,5-9,14-15,23H2,1-4H3/b18-13-. The van der Waals surface area contributed by atoms with Gasteiger partial charge in [-0.25, -0.2) is 4.79 Å². The molecule has 5 nitrogen and oxygen atoms in total. The topological polar surface area (TPSA) is 64.8 Å². The van der Waals surface area contributed by atoms with Crippen LogP contribution in [0.3, 0.4) is 0 Å². The first-order valence-corrected chi connectivity index (χ1v) is 9.90. The number of ether oxygens (including phenoxy) is 2. The largest absolute Gasteiger partial charge is 0.466 e. The Labute approximate surface area is 163 Å². The number of nitrogens with zero attached hydrogens (tertiary/aromatic N) is 1. The molecule has 0 spiro atoms. The molecule has 0 heterocycles. The fourth-order valence-electron chi connectivity index (χ4n) is 3.81. The van der Waals surface area contributed by atoms with Gasteiger partial charge in [-0.05, 0) is 42.0 Å². The number of nitrogen functional groups attached to an aromatic ring is 1. The Morgan fingerprint density at radius 3 is 2.52 bits per heavy atom. The number of anilines is 2. The van der Waals surface area contributed by atoms with Crippen LogP contribution in [-0.4, -0.2) is 39.4 Å². The van der Waals surface area contributed by atoms with Crippen molar-refractivity contribution in [3.63, 3.8) is 0 Å². The molecule has 5 heteroatoms. The van der Waals surface area contributed by atoms with Gasteiger partial charge >= 0.3 is 5.97 Å². The number of benzene rings is 1. The van der Waals surface area contributed by atoms with E-state index in [-0.39, 0.29) is 0 Å². The third-order valence-electron chi connectivity index (χ3n) is 5.08. The van der Waals surface area contributed by atoms with E-state index in [4.69, 9.17) is 15.2 Å². The maximum Gasteiger partial charge on any atom is 0.330 e. The molecule has 1 aliphatic rings. The van der Waals surface area contributed by atoms with Crippen molar-refractivity contribution < 1.29 is 14.3 Å². The zero-order valence-corrected chi connectivity index (χ0v) is 17.2. The van der Waals surface area contributed by atoms with Gasteiger partial charge in [0.1, 0.15) is 0 Å². The predicted molar refractivity (Wildman–Crippen MR) is 112 cm³/mol. The van der Waals surface area contributed by atoms with Crippen molar-refractivity contribution in [3.8, 4) is 0 Å². The van der Waals surface area contributed by atoms with E-state index in [1.165, 1.54) is 45.3 Å². The van der Waals surface area contributed by atoms with Crippen LogP contribution in [-0.2, 0) is 14.3 Å². The number of rotatable bonds is 8. The van der Waals surface area contributed by atoms with Gasteiger partial charge in [0.05, 0.1) is 25.1 Å². The van der Waals surface area contributed by atoms with Crippen LogP contribution in [0.5, 0.6) is 0 Å². The van der Waals surface area contributed by atoms with Gasteiger partial charge in [0.25, 0.3) is 0 Å². The Bertz CT molecular complexity index is 649. The smallest absolute Gasteiger partial charge is 0.330 e. The van der Waals surface area contributed by atoms with Gasteiger partial charge in [0.2, 0.25) is 0 Å². The molecule has 2 N–H and O–H groups in total. The average Bonchev–Trinajstić information content (AvgIpc) is 2.66. The van der Waals surface area contributed by atoms with E-state index in [0.717, 1.165) is 29.1 Å². The molecule has 0 aromatic heterocycles. The summed E-state index contributed by atoms with van der Waals surface area (Å²) in [5, 5.41) is 0. The zero-order chi connectivity index (χ0) is 19.8. The summed E-state index contributed by atoms with van der Waals surface area (Å²) in [6, 6.07) is 6.61. The number of carbonyl (C=O) groups excluding carboxylic acids is 1. The van der Waals surface area contributed by atoms with Crippen molar-refractivity contribution in [2.24, 2.45) is 5.92 Å². The van der Waals surface area contributed by atoms with Gasteiger partial charge in [-0.2, -0.15) is 0 Å². The van der Waals surface area contributed by atoms with Crippen LogP contribution < -0.4 is 10.6 Å². The third kappa shape index (κ3) is 5.99. The Kier molecular flexibility index (Phi) is 8.17. The van der Waals surface area contributed by atoms with Crippen LogP contribution in [0.15, 0.2) is 24.3 Å². The van der Waals surface area contributed by atoms with E-state index in [2.05, 4.69) is 24.8 Å². The molecule has 1 fully saturated rings. The van der Waals surface area contributed by atoms with E-state index < -0.39 is 5.97 Å². The van der Waals surface area contributed by atoms with Crippen molar-refractivity contribution >= 4 is 22.9 Å². The summed E-state index contributed by atoms with van der Waals surface area (Å²) >= 11 is 0. The second kappa shape index (κ2) is 10.4. The highest BCUT2D eigenvalue weighted by molar-refractivity contribution is 5.92. The van der Waals surface area contributed by atoms with E-state index in [0.29, 0.717) is 18.6 Å². The van der Waals surface area contributed by atoms with Crippen LogP contribution in [0.1, 0.15) is 51.5 Å². The Balaban J connectivity index is 2.33. The summed E-state index contributed by atoms with van der Waals surface area (Å²) in [5.74, 6) is 0.169. The first-order chi connectivity index (χ1) is 13.0. The molecule has 2 rings (SSSR count). The molecule has 1 aromatic rings. The fraction of sp³-hybridized carbons (Fsp3) is 0.591. The first kappa shape index (κ1) is 21.3. The molecule has 0 atom stereocenters. The van der Waals surface area contributed by atoms with Gasteiger partial charge < -0.3 is 20.1 Å². The molecule has 0 bridgehead atoms. The normalized spacial score (nSPS) is 15.8. The van der Waals surface area contributed by atoms with Crippen LogP contribution in [0, 0.1) is 5.92 Å². The number of hydrogen-bond acceptors (Lipinski definition) is 5. The summed E-state index contributed by atoms with van der Waals surface area (Å²) < 4.78 is 10.00. The van der Waals surface area contributed by atoms with Crippen molar-refractivity contribution in [3.05, 3.63) is 29.8 Å². The van der Waals surface area contributed by atoms with Crippen LogP contribution in [0.2, 0.25) is 0 Å². The van der Waals surface area contributed by atoms with E-state index in [9.17, 15) is 4.79 Å². The molecule has 1 aromatic carbocycles. The molecular formula is C22H34N2O3. The molecule has 0 aliphatic heterocycles. The molecule has 0 saturated heterocycles. The summed E-state index contributed by atoms with van der Waals surface area (Å²) in [5.41, 5.74) is 9.95. The Morgan fingerprint density at radius 2 is 1.96 bits per heavy atom. The summed E-state index contributed by atoms with van der Waals surface area (Å²) in [6.07, 6.45) is 7.83. The minimum atomic E-state index is -0.395. The number of carbonyl (C=O) groups is 1. The van der Waals surface area contributed by atoms with E-state index in [1.54, 1.807) is 7.11 Å². The maximum absolute atomic E-state index is 11.7. The van der Waals surface area contributed by atoms with Gasteiger partial charge in [-0.15, -0.1) is 0 Å². The molecule has 0 amide bonds. The lowest BCUT2D eigenvalue weighted by Gasteiger charge is -2.38. The van der Waals surface area contributed by atoms with Crippen LogP contribution in [0.25, 0.3) is 5.57 Å². The Hall–Kier alpha value is -2.01. The summed E-state index contributed by atoms with van der Waals surface area (Å²) in [4.78, 5) is 14.2. The van der Waals surface area contributed by atoms with Gasteiger partial charge in [-0.3, -0.25) is 0 Å². The molecule has 150 valence electrons. The summed E-state index contributed by atoms with van der Waals surface area (Å²) in [6.45, 7) is 5.82. The Morgan fingerprint density at radius 1 is 1.26 bits per heavy atom. The molecular weight excluding hydrogens is 340 g/mol. The highest BCUT2D eigenvalue weighted by atomic mass is 16.5. The van der Waals surface area contributed by atoms with Crippen molar-refractivity contribution in [1.29, 1.82) is 0 Å². The minimum Gasteiger partial charge on any atom is -0.466 e. The van der Waals surface area contributed by atoms with Crippen molar-refractivity contribution in [2.75, 3.05) is 38.0 Å². The highest BCUT2D eigenvalue weighted by Gasteiger charge is 2.24. The number of methoxy groups -OCH3 is 2. The van der Waals surface area contributed by atoms with Crippen molar-refractivity contribution in [1.82, 2.24) is 0 Å². The van der Waals surface area contributed by atoms with E-state index in [1.807, 2.05) is 12.1 Å². The van der Waals surface area contributed by atoms with Crippen LogP contribution in [0.4, 0.5) is 11.4 Å². The lowest BCUT2D eigenvalue weighted by atomic mass is 9.92. The predicted octanol–water partition coefficient (Wildman–Crippen LogP) is 4.27. The third-order valence-corrected chi connectivity index (χ3v) is 5.08. The average molecular weight is 375 g/mol. The van der Waals surface area contributed by atoms with Crippen LogP contribution >= 0.6 is 0 Å². The van der Waals surface area contributed by atoms with Crippen molar-refractivity contribution in [2.45, 2.75) is 52.0 Å². The first-order valence-electron chi connectivity index (χ1n) is 9.90. The molecule has 1 saturated carbocycles. The monoisotopic (exact) mass is 374 g/mol. The van der Waals surface area contributed by atoms with Gasteiger partial charge in [0.15, 0.2) is 0 Å². The number of nitrogens with two attached hydrogens (primary N) is 1.